The van der Waals surface area contributed by atoms with E-state index in [2.05, 4.69) is 31.5 Å². The summed E-state index contributed by atoms with van der Waals surface area (Å²) in [6, 6.07) is 0. The van der Waals surface area contributed by atoms with Crippen LogP contribution in [0.15, 0.2) is 24.3 Å². The van der Waals surface area contributed by atoms with Crippen LogP contribution in [-0.4, -0.2) is 199 Å². The second-order valence-electron chi connectivity index (χ2n) is 25.0. The molecule has 0 bridgehead atoms. The van der Waals surface area contributed by atoms with Crippen LogP contribution in [0.4, 0.5) is 0 Å². The Balaban J connectivity index is 0.743. The van der Waals surface area contributed by atoms with Crippen LogP contribution < -0.4 is 0 Å². The van der Waals surface area contributed by atoms with Crippen LogP contribution in [0.25, 0.3) is 0 Å². The van der Waals surface area contributed by atoms with Crippen molar-refractivity contribution >= 4 is 26.6 Å². The average molecular weight is 1120 g/mol. The molecule has 0 aromatic rings. The summed E-state index contributed by atoms with van der Waals surface area (Å²) >= 11 is 0. The molecule has 0 aromatic carbocycles. The van der Waals surface area contributed by atoms with E-state index in [9.17, 15) is 36.4 Å². The molecular formula is C52H78O22S2. The molecule has 11 heterocycles. The molecule has 0 aromatic heterocycles. The first kappa shape index (κ1) is 56.2. The van der Waals surface area contributed by atoms with Gasteiger partial charge >= 0.3 is 20.8 Å². The van der Waals surface area contributed by atoms with Gasteiger partial charge in [0.1, 0.15) is 30.0 Å². The Kier molecular flexibility index (Phi) is 14.9. The van der Waals surface area contributed by atoms with Crippen LogP contribution in [-0.2, 0) is 86.1 Å². The summed E-state index contributed by atoms with van der Waals surface area (Å²) in [6.07, 6.45) is -1.97. The number of aliphatic hydroxyl groups excluding tert-OH is 1. The number of allylic oxidation sites excluding steroid dienone is 1. The Morgan fingerprint density at radius 3 is 1.96 bits per heavy atom. The third kappa shape index (κ3) is 10.7. The second kappa shape index (κ2) is 20.1. The van der Waals surface area contributed by atoms with Gasteiger partial charge in [-0.1, -0.05) is 19.6 Å². The highest BCUT2D eigenvalue weighted by atomic mass is 32.3. The number of rotatable bonds is 10. The molecule has 4 N–H and O–H groups in total. The lowest BCUT2D eigenvalue weighted by molar-refractivity contribution is -0.362. The number of ketones is 1. The normalized spacial score (nSPS) is 51.9. The highest BCUT2D eigenvalue weighted by Gasteiger charge is 2.66. The number of ether oxygens (including phenoxy) is 11. The highest BCUT2D eigenvalue weighted by molar-refractivity contribution is 7.81. The quantitative estimate of drug-likeness (QED) is 0.138. The van der Waals surface area contributed by atoms with Gasteiger partial charge in [-0.2, -0.15) is 16.8 Å². The van der Waals surface area contributed by atoms with Crippen molar-refractivity contribution in [2.45, 2.75) is 282 Å². The van der Waals surface area contributed by atoms with Crippen molar-refractivity contribution in [2.24, 2.45) is 5.92 Å². The van der Waals surface area contributed by atoms with Crippen molar-refractivity contribution in [3.05, 3.63) is 24.3 Å². The predicted molar refractivity (Wildman–Crippen MR) is 262 cm³/mol. The summed E-state index contributed by atoms with van der Waals surface area (Å²) in [4.78, 5) is 11.6. The molecule has 11 aliphatic rings. The SMILES string of the molecule is C=C1C[C@@H]2O[C@@]3(C)[C@H](C[C@H]2O[C@@H]1[C@](C)(O)C/C=C/C(C)=O)O[C@@H]1C[C@@H]2O[C@@H]4C[C@@H]5O[C@@H]6C[C@@H]7O[C@@H]8C[C@@H]9O[C@](C)(CCOS(=O)(=O)O)[C@@H](OS(=O)(=O)O)C[C@H]9O[C@H]8C[C@H]7O[C@H]6CC[C@@]5(C)O[C@@]4(C)C[C@H](C)[C@H]2O[C@H]1[C@H]3O. The van der Waals surface area contributed by atoms with Crippen LogP contribution in [0.5, 0.6) is 0 Å². The van der Waals surface area contributed by atoms with Gasteiger partial charge in [-0.3, -0.25) is 13.9 Å². The van der Waals surface area contributed by atoms with E-state index in [1.807, 2.05) is 6.92 Å². The zero-order valence-corrected chi connectivity index (χ0v) is 46.0. The van der Waals surface area contributed by atoms with E-state index >= 15 is 0 Å². The molecule has 26 atom stereocenters. The lowest BCUT2D eigenvalue weighted by Crippen LogP contribution is -2.73. The van der Waals surface area contributed by atoms with Crippen LogP contribution in [0, 0.1) is 5.92 Å². The fraction of sp³-hybridized carbons (Fsp3) is 0.904. The van der Waals surface area contributed by atoms with Gasteiger partial charge in [-0.25, -0.2) is 8.37 Å². The smallest absolute Gasteiger partial charge is 0.387 e. The molecule has 11 fully saturated rings. The number of carbonyl (C=O) groups is 1. The summed E-state index contributed by atoms with van der Waals surface area (Å²) in [5, 5.41) is 23.8. The number of hydrogen-bond acceptors (Lipinski definition) is 20. The minimum absolute atomic E-state index is 0.000564. The van der Waals surface area contributed by atoms with Gasteiger partial charge in [0, 0.05) is 51.4 Å². The maximum Gasteiger partial charge on any atom is 0.397 e. The predicted octanol–water partition coefficient (Wildman–Crippen LogP) is 3.52. The Labute approximate surface area is 445 Å². The molecule has 0 saturated carbocycles. The van der Waals surface area contributed by atoms with E-state index < -0.39 is 129 Å². The van der Waals surface area contributed by atoms with Gasteiger partial charge in [-0.15, -0.1) is 0 Å². The number of carbonyl (C=O) groups excluding carboxylic acids is 1. The van der Waals surface area contributed by atoms with Crippen molar-refractivity contribution in [1.29, 1.82) is 0 Å². The van der Waals surface area contributed by atoms with E-state index in [1.54, 1.807) is 13.0 Å². The Morgan fingerprint density at radius 1 is 0.711 bits per heavy atom. The van der Waals surface area contributed by atoms with Crippen molar-refractivity contribution in [2.75, 3.05) is 6.61 Å². The summed E-state index contributed by atoms with van der Waals surface area (Å²) in [5.41, 5.74) is -4.59. The van der Waals surface area contributed by atoms with Gasteiger partial charge in [0.15, 0.2) is 5.78 Å². The lowest BCUT2D eigenvalue weighted by atomic mass is 9.73. The standard InChI is InChI=1S/C52H78O22S2/c1-25-16-36-35(69-47(25)48(4,55)12-9-10-27(3)53)22-43-52(8,72-36)46(54)45-39(68-43)20-38-44(70-45)26(2)24-51(7)41(67-38)23-40-50(6,74-51)13-11-28-29(66-40)17-31-30(63-28)18-32-33(64-31)19-37-34(65-32)21-42(73-76(59,60)61)49(5,71-37)14-15-62-75(56,57)58/h9-10,26,28-47,54-55H,1,11-24H2,2-8H3,(H,56,57,58)(H,59,60,61)/b10-9+/t26-,28-,29+,30+,31-,32-,33+,34+,35+,36-,37-,38-,39+,40-,41+,42-,43-,44+,45+,46+,47-,48+,49+,50+,51-,52-/m0/s1. The second-order valence-corrected chi connectivity index (χ2v) is 27.2. The molecule has 0 aliphatic carbocycles. The minimum Gasteiger partial charge on any atom is -0.387 e. The number of hydrogen-bond donors (Lipinski definition) is 4. The molecule has 0 amide bonds. The maximum atomic E-state index is 12.3. The van der Waals surface area contributed by atoms with Gasteiger partial charge in [0.25, 0.3) is 0 Å². The zero-order chi connectivity index (χ0) is 54.3. The van der Waals surface area contributed by atoms with Crippen molar-refractivity contribution < 1.29 is 101 Å². The molecule has 76 heavy (non-hydrogen) atoms. The Hall–Kier alpha value is -1.63. The number of aliphatic hydroxyl groups is 2. The first-order valence-corrected chi connectivity index (χ1v) is 30.1. The first-order valence-electron chi connectivity index (χ1n) is 27.3. The van der Waals surface area contributed by atoms with E-state index in [4.69, 9.17) is 60.8 Å². The summed E-state index contributed by atoms with van der Waals surface area (Å²) in [6.45, 7) is 16.7. The highest BCUT2D eigenvalue weighted by Crippen LogP contribution is 2.54. The van der Waals surface area contributed by atoms with E-state index in [0.29, 0.717) is 69.8 Å². The van der Waals surface area contributed by atoms with E-state index in [1.165, 1.54) is 19.9 Å². The van der Waals surface area contributed by atoms with E-state index in [-0.39, 0.29) is 79.8 Å². The fourth-order valence-corrected chi connectivity index (χ4v) is 16.2. The molecular weight excluding hydrogens is 1040 g/mol. The number of fused-ring (bicyclic) bond motifs is 10. The van der Waals surface area contributed by atoms with Crippen LogP contribution >= 0.6 is 0 Å². The summed E-state index contributed by atoms with van der Waals surface area (Å²) in [7, 11) is -9.74. The van der Waals surface area contributed by atoms with Crippen LogP contribution in [0.3, 0.4) is 0 Å². The van der Waals surface area contributed by atoms with Crippen LogP contribution in [0.1, 0.15) is 132 Å². The first-order chi connectivity index (χ1) is 35.5. The molecule has 11 saturated heterocycles. The largest absolute Gasteiger partial charge is 0.397 e. The Morgan fingerprint density at radius 2 is 1.29 bits per heavy atom. The van der Waals surface area contributed by atoms with Gasteiger partial charge < -0.3 is 62.3 Å². The average Bonchev–Trinajstić information content (AvgIpc) is 3.56. The molecule has 24 heteroatoms. The third-order valence-corrected chi connectivity index (χ3v) is 20.1. The van der Waals surface area contributed by atoms with Crippen molar-refractivity contribution in [3.63, 3.8) is 0 Å². The molecule has 11 aliphatic heterocycles. The molecule has 0 unspecified atom stereocenters. The van der Waals surface area contributed by atoms with Crippen LogP contribution in [0.2, 0.25) is 0 Å². The molecule has 22 nitrogen and oxygen atoms in total. The zero-order valence-electron chi connectivity index (χ0n) is 44.3. The maximum absolute atomic E-state index is 12.3. The summed E-state index contributed by atoms with van der Waals surface area (Å²) < 4.78 is 150. The monoisotopic (exact) mass is 1120 g/mol. The molecule has 430 valence electrons. The minimum atomic E-state index is -4.95. The third-order valence-electron chi connectivity index (χ3n) is 19.1. The van der Waals surface area contributed by atoms with Gasteiger partial charge in [-0.05, 0) is 91.2 Å². The Bertz CT molecular complexity index is 2480. The summed E-state index contributed by atoms with van der Waals surface area (Å²) in [5.74, 6) is -0.132. The van der Waals surface area contributed by atoms with Gasteiger partial charge in [0.2, 0.25) is 0 Å². The van der Waals surface area contributed by atoms with Crippen molar-refractivity contribution in [3.8, 4) is 0 Å². The van der Waals surface area contributed by atoms with Crippen molar-refractivity contribution in [1.82, 2.24) is 0 Å². The molecule has 0 spiro atoms. The molecule has 11 rings (SSSR count). The topological polar surface area (TPSA) is 286 Å². The fourth-order valence-electron chi connectivity index (χ4n) is 15.3. The van der Waals surface area contributed by atoms with Gasteiger partial charge in [0.05, 0.1) is 127 Å². The molecule has 0 radical (unpaired) electrons. The lowest BCUT2D eigenvalue weighted by Gasteiger charge is -2.59. The van der Waals surface area contributed by atoms with E-state index in [0.717, 1.165) is 0 Å².